The van der Waals surface area contributed by atoms with Crippen LogP contribution in [0.1, 0.15) is 59.3 Å². The first-order chi connectivity index (χ1) is 16.2. The first kappa shape index (κ1) is 26.4. The van der Waals surface area contributed by atoms with Crippen molar-refractivity contribution >= 4 is 17.8 Å². The van der Waals surface area contributed by atoms with Crippen LogP contribution in [-0.4, -0.2) is 82.3 Å². The third-order valence-corrected chi connectivity index (χ3v) is 7.74. The maximum atomic E-state index is 14.1. The highest BCUT2D eigenvalue weighted by molar-refractivity contribution is 5.98. The number of rotatable bonds is 13. The molecule has 34 heavy (non-hydrogen) atoms. The van der Waals surface area contributed by atoms with Gasteiger partial charge in [-0.15, -0.1) is 13.2 Å². The summed E-state index contributed by atoms with van der Waals surface area (Å²) in [7, 11) is 0. The van der Waals surface area contributed by atoms with Gasteiger partial charge in [0.05, 0.1) is 18.1 Å². The maximum absolute atomic E-state index is 14.1. The van der Waals surface area contributed by atoms with Crippen LogP contribution in [0.3, 0.4) is 0 Å². The predicted molar refractivity (Wildman–Crippen MR) is 128 cm³/mol. The Morgan fingerprint density at radius 1 is 1.35 bits per heavy atom. The van der Waals surface area contributed by atoms with Gasteiger partial charge in [-0.1, -0.05) is 25.5 Å². The van der Waals surface area contributed by atoms with E-state index in [-0.39, 0.29) is 37.6 Å². The van der Waals surface area contributed by atoms with Crippen molar-refractivity contribution in [2.24, 2.45) is 11.8 Å². The normalized spacial score (nSPS) is 32.4. The number of aliphatic hydroxyl groups excluding tert-OH is 1. The SMILES string of the molecule is C=CCCOC(=O)[C@H]1[C@H]2C(=O)N(CCCO)C(C(=O)N(CC=C)C(C)CCC)C23CC[C@]1(C)O3. The van der Waals surface area contributed by atoms with Crippen molar-refractivity contribution in [3.8, 4) is 0 Å². The molecule has 0 aromatic carbocycles. The Balaban J connectivity index is 2.01. The number of carbonyl (C=O) groups excluding carboxylic acids is 3. The van der Waals surface area contributed by atoms with Gasteiger partial charge in [0.25, 0.3) is 0 Å². The lowest BCUT2D eigenvalue weighted by Crippen LogP contribution is -2.58. The zero-order chi connectivity index (χ0) is 25.1. The second-order valence-electron chi connectivity index (χ2n) is 10.00. The van der Waals surface area contributed by atoms with Crippen molar-refractivity contribution < 1.29 is 29.0 Å². The monoisotopic (exact) mass is 476 g/mol. The molecule has 6 atom stereocenters. The van der Waals surface area contributed by atoms with Crippen LogP contribution in [0, 0.1) is 11.8 Å². The predicted octanol–water partition coefficient (Wildman–Crippen LogP) is 2.46. The lowest BCUT2D eigenvalue weighted by Gasteiger charge is -2.39. The summed E-state index contributed by atoms with van der Waals surface area (Å²) in [5.41, 5.74) is -1.93. The van der Waals surface area contributed by atoms with Crippen molar-refractivity contribution in [3.05, 3.63) is 25.3 Å². The number of nitrogens with zero attached hydrogens (tertiary/aromatic N) is 2. The minimum absolute atomic E-state index is 0.0328. The number of esters is 1. The van der Waals surface area contributed by atoms with Crippen molar-refractivity contribution in [2.45, 2.75) is 82.6 Å². The smallest absolute Gasteiger partial charge is 0.312 e. The second kappa shape index (κ2) is 10.6. The highest BCUT2D eigenvalue weighted by Gasteiger charge is 2.78. The topological polar surface area (TPSA) is 96.4 Å². The molecule has 3 unspecified atom stereocenters. The van der Waals surface area contributed by atoms with E-state index in [4.69, 9.17) is 9.47 Å². The molecule has 3 heterocycles. The number of aliphatic hydroxyl groups is 1. The molecule has 0 saturated carbocycles. The summed E-state index contributed by atoms with van der Waals surface area (Å²) in [5.74, 6) is -2.44. The lowest BCUT2D eigenvalue weighted by molar-refractivity contribution is -0.160. The Kier molecular flexibility index (Phi) is 8.24. The quantitative estimate of drug-likeness (QED) is 0.249. The Labute approximate surface area is 202 Å². The number of amides is 2. The summed E-state index contributed by atoms with van der Waals surface area (Å²) in [5, 5.41) is 9.46. The molecule has 0 aliphatic carbocycles. The van der Waals surface area contributed by atoms with Gasteiger partial charge in [0.1, 0.15) is 17.6 Å². The molecule has 8 heteroatoms. The van der Waals surface area contributed by atoms with E-state index in [0.29, 0.717) is 32.2 Å². The van der Waals surface area contributed by atoms with Gasteiger partial charge in [0.15, 0.2) is 0 Å². The van der Waals surface area contributed by atoms with Gasteiger partial charge in [-0.05, 0) is 46.0 Å². The minimum Gasteiger partial charge on any atom is -0.465 e. The van der Waals surface area contributed by atoms with Gasteiger partial charge in [-0.3, -0.25) is 14.4 Å². The minimum atomic E-state index is -1.08. The summed E-state index contributed by atoms with van der Waals surface area (Å²) < 4.78 is 12.1. The summed E-state index contributed by atoms with van der Waals surface area (Å²) >= 11 is 0. The van der Waals surface area contributed by atoms with Gasteiger partial charge in [-0.25, -0.2) is 0 Å². The molecule has 190 valence electrons. The Morgan fingerprint density at radius 2 is 2.09 bits per heavy atom. The van der Waals surface area contributed by atoms with E-state index in [1.165, 1.54) is 0 Å². The van der Waals surface area contributed by atoms with E-state index in [1.807, 2.05) is 13.8 Å². The largest absolute Gasteiger partial charge is 0.465 e. The number of carbonyl (C=O) groups is 3. The Morgan fingerprint density at radius 3 is 2.71 bits per heavy atom. The highest BCUT2D eigenvalue weighted by Crippen LogP contribution is 2.63. The molecule has 2 bridgehead atoms. The molecule has 1 spiro atoms. The molecule has 2 amide bonds. The van der Waals surface area contributed by atoms with E-state index < -0.39 is 35.0 Å². The van der Waals surface area contributed by atoms with Crippen LogP contribution in [0.15, 0.2) is 25.3 Å². The summed E-state index contributed by atoms with van der Waals surface area (Å²) in [4.78, 5) is 44.4. The molecule has 0 aromatic rings. The van der Waals surface area contributed by atoms with Crippen LogP contribution in [-0.2, 0) is 23.9 Å². The molecule has 3 aliphatic rings. The van der Waals surface area contributed by atoms with Crippen molar-refractivity contribution in [1.29, 1.82) is 0 Å². The van der Waals surface area contributed by atoms with Gasteiger partial charge in [0, 0.05) is 25.7 Å². The Hall–Kier alpha value is -2.19. The molecular weight excluding hydrogens is 436 g/mol. The molecule has 0 radical (unpaired) electrons. The first-order valence-electron chi connectivity index (χ1n) is 12.5. The molecule has 0 aromatic heterocycles. The standard InChI is InChI=1S/C26H40N2O6/c1-6-9-17-33-24(32)20-19-22(30)28(15-10-16-29)21(26(19)13-12-25(20,5)34-26)23(31)27(14-8-3)18(4)11-7-2/h6,8,18-21,29H,1,3,7,9-17H2,2,4-5H3/t18?,19-,20+,21?,25-,26?/m0/s1. The average Bonchev–Trinajstić information content (AvgIpc) is 3.36. The summed E-state index contributed by atoms with van der Waals surface area (Å²) in [6.45, 7) is 14.1. The van der Waals surface area contributed by atoms with E-state index in [1.54, 1.807) is 22.0 Å². The van der Waals surface area contributed by atoms with Crippen LogP contribution in [0.2, 0.25) is 0 Å². The molecule has 3 aliphatic heterocycles. The molecular formula is C26H40N2O6. The van der Waals surface area contributed by atoms with Gasteiger partial charge in [0.2, 0.25) is 11.8 Å². The third kappa shape index (κ3) is 4.31. The number of ether oxygens (including phenoxy) is 2. The van der Waals surface area contributed by atoms with E-state index in [2.05, 4.69) is 20.1 Å². The fraction of sp³-hybridized carbons (Fsp3) is 0.731. The summed E-state index contributed by atoms with van der Waals surface area (Å²) in [6.07, 6.45) is 7.07. The zero-order valence-electron chi connectivity index (χ0n) is 20.8. The lowest BCUT2D eigenvalue weighted by atomic mass is 9.66. The van der Waals surface area contributed by atoms with Crippen LogP contribution in [0.5, 0.6) is 0 Å². The fourth-order valence-corrected chi connectivity index (χ4v) is 6.23. The van der Waals surface area contributed by atoms with Crippen molar-refractivity contribution in [1.82, 2.24) is 9.80 Å². The number of hydrogen-bond acceptors (Lipinski definition) is 6. The zero-order valence-corrected chi connectivity index (χ0v) is 20.8. The van der Waals surface area contributed by atoms with Crippen LogP contribution in [0.25, 0.3) is 0 Å². The third-order valence-electron chi connectivity index (χ3n) is 7.74. The van der Waals surface area contributed by atoms with Gasteiger partial charge >= 0.3 is 5.97 Å². The van der Waals surface area contributed by atoms with Crippen LogP contribution >= 0.6 is 0 Å². The van der Waals surface area contributed by atoms with Gasteiger partial charge < -0.3 is 24.4 Å². The van der Waals surface area contributed by atoms with Crippen molar-refractivity contribution in [2.75, 3.05) is 26.3 Å². The summed E-state index contributed by atoms with van der Waals surface area (Å²) in [6, 6.07) is -0.877. The molecule has 3 saturated heterocycles. The number of likely N-dealkylation sites (tertiary alicyclic amines) is 1. The van der Waals surface area contributed by atoms with Crippen LogP contribution in [0.4, 0.5) is 0 Å². The molecule has 8 nitrogen and oxygen atoms in total. The van der Waals surface area contributed by atoms with E-state index in [0.717, 1.165) is 12.8 Å². The fourth-order valence-electron chi connectivity index (χ4n) is 6.23. The van der Waals surface area contributed by atoms with Crippen molar-refractivity contribution in [3.63, 3.8) is 0 Å². The average molecular weight is 477 g/mol. The highest BCUT2D eigenvalue weighted by atomic mass is 16.6. The second-order valence-corrected chi connectivity index (χ2v) is 10.00. The molecule has 1 N–H and O–H groups in total. The van der Waals surface area contributed by atoms with Crippen LogP contribution < -0.4 is 0 Å². The maximum Gasteiger partial charge on any atom is 0.312 e. The Bertz CT molecular complexity index is 815. The first-order valence-corrected chi connectivity index (χ1v) is 12.5. The van der Waals surface area contributed by atoms with Gasteiger partial charge in [-0.2, -0.15) is 0 Å². The van der Waals surface area contributed by atoms with E-state index in [9.17, 15) is 19.5 Å². The molecule has 3 fully saturated rings. The number of hydrogen-bond donors (Lipinski definition) is 1. The van der Waals surface area contributed by atoms with E-state index >= 15 is 0 Å². The molecule has 3 rings (SSSR count). The number of fused-ring (bicyclic) bond motifs is 1.